The van der Waals surface area contributed by atoms with Gasteiger partial charge in [0.05, 0.1) is 17.0 Å². The monoisotopic (exact) mass is 437 g/mol. The maximum absolute atomic E-state index is 13.0. The van der Waals surface area contributed by atoms with Gasteiger partial charge in [-0.2, -0.15) is 18.3 Å². The second-order valence-corrected chi connectivity index (χ2v) is 7.02. The van der Waals surface area contributed by atoms with Crippen molar-refractivity contribution >= 4 is 45.6 Å². The number of carbonyl (C=O) groups excluding carboxylic acids is 3. The van der Waals surface area contributed by atoms with Crippen LogP contribution in [-0.2, 0) is 18.0 Å². The van der Waals surface area contributed by atoms with Crippen molar-refractivity contribution in [2.45, 2.75) is 26.9 Å². The summed E-state index contributed by atoms with van der Waals surface area (Å²) < 4.78 is 44.5. The van der Waals surface area contributed by atoms with E-state index < -0.39 is 34.5 Å². The Hall–Kier alpha value is -2.40. The summed E-state index contributed by atoms with van der Waals surface area (Å²) >= 11 is 6.52. The molecule has 12 heteroatoms. The molecule has 2 rings (SSSR count). The molecule has 2 heterocycles. The second kappa shape index (κ2) is 7.92. The number of aromatic nitrogens is 2. The number of hydrogen-bond donors (Lipinski definition) is 1. The molecule has 0 aromatic carbocycles. The van der Waals surface area contributed by atoms with Gasteiger partial charge in [-0.15, -0.1) is 11.3 Å². The van der Waals surface area contributed by atoms with Crippen LogP contribution in [0.25, 0.3) is 0 Å². The normalized spacial score (nSPS) is 11.4. The number of ether oxygens (including phenoxy) is 1. The van der Waals surface area contributed by atoms with Crippen LogP contribution in [0.2, 0.25) is 5.02 Å². The summed E-state index contributed by atoms with van der Waals surface area (Å²) in [5, 5.41) is 4.93. The average molecular weight is 438 g/mol. The molecule has 2 aromatic heterocycles. The van der Waals surface area contributed by atoms with E-state index in [4.69, 9.17) is 16.3 Å². The summed E-state index contributed by atoms with van der Waals surface area (Å²) in [5.41, 5.74) is -1.69. The first kappa shape index (κ1) is 21.9. The van der Waals surface area contributed by atoms with Gasteiger partial charge in [-0.1, -0.05) is 11.6 Å². The molecule has 1 N–H and O–H groups in total. The van der Waals surface area contributed by atoms with Crippen molar-refractivity contribution in [1.82, 2.24) is 9.78 Å². The van der Waals surface area contributed by atoms with Crippen molar-refractivity contribution in [2.75, 3.05) is 11.9 Å². The van der Waals surface area contributed by atoms with Crippen molar-refractivity contribution < 1.29 is 32.3 Å². The van der Waals surface area contributed by atoms with E-state index >= 15 is 0 Å². The average Bonchev–Trinajstić information content (AvgIpc) is 3.03. The zero-order valence-electron chi connectivity index (χ0n) is 15.2. The Balaban J connectivity index is 2.49. The van der Waals surface area contributed by atoms with Gasteiger partial charge in [0.1, 0.15) is 10.0 Å². The van der Waals surface area contributed by atoms with Crippen molar-refractivity contribution in [3.63, 3.8) is 0 Å². The molecule has 7 nitrogen and oxygen atoms in total. The number of amides is 1. The number of hydrogen-bond acceptors (Lipinski definition) is 6. The molecule has 0 aliphatic rings. The third-order valence-corrected chi connectivity index (χ3v) is 5.31. The number of thiophene rings is 1. The van der Waals surface area contributed by atoms with Crippen LogP contribution in [-0.4, -0.2) is 34.0 Å². The fourth-order valence-electron chi connectivity index (χ4n) is 2.50. The van der Waals surface area contributed by atoms with Crippen LogP contribution in [0.1, 0.15) is 55.6 Å². The molecular formula is C16H15ClF3N3O4S. The molecule has 28 heavy (non-hydrogen) atoms. The van der Waals surface area contributed by atoms with Crippen LogP contribution in [0.3, 0.4) is 0 Å². The maximum Gasteiger partial charge on any atom is 0.434 e. The molecule has 1 amide bonds. The number of carbonyl (C=O) groups is 3. The Morgan fingerprint density at radius 2 is 1.93 bits per heavy atom. The summed E-state index contributed by atoms with van der Waals surface area (Å²) in [5.74, 6) is -2.18. The third-order valence-electron chi connectivity index (χ3n) is 3.65. The highest BCUT2D eigenvalue weighted by atomic mass is 35.5. The van der Waals surface area contributed by atoms with Gasteiger partial charge in [0.2, 0.25) is 0 Å². The molecule has 0 aliphatic carbocycles. The van der Waals surface area contributed by atoms with E-state index in [9.17, 15) is 27.6 Å². The molecule has 0 spiro atoms. The molecule has 0 unspecified atom stereocenters. The van der Waals surface area contributed by atoms with E-state index in [0.29, 0.717) is 10.2 Å². The predicted molar refractivity (Wildman–Crippen MR) is 96.2 cm³/mol. The van der Waals surface area contributed by atoms with Crippen molar-refractivity contribution in [3.05, 3.63) is 32.4 Å². The van der Waals surface area contributed by atoms with Crippen LogP contribution in [0.15, 0.2) is 0 Å². The fraction of sp³-hybridized carbons (Fsp3) is 0.375. The highest BCUT2D eigenvalue weighted by Crippen LogP contribution is 2.37. The number of esters is 1. The zero-order chi connectivity index (χ0) is 21.4. The largest absolute Gasteiger partial charge is 0.462 e. The lowest BCUT2D eigenvalue weighted by atomic mass is 10.1. The Kier molecular flexibility index (Phi) is 6.19. The summed E-state index contributed by atoms with van der Waals surface area (Å²) in [7, 11) is 0.999. The summed E-state index contributed by atoms with van der Waals surface area (Å²) in [6.07, 6.45) is -4.81. The number of nitrogens with zero attached hydrogens (tertiary/aromatic N) is 2. The van der Waals surface area contributed by atoms with Crippen LogP contribution in [0.4, 0.5) is 18.2 Å². The van der Waals surface area contributed by atoms with Crippen LogP contribution in [0, 0.1) is 6.92 Å². The number of rotatable bonds is 5. The number of nitrogens with one attached hydrogen (secondary N) is 1. The summed E-state index contributed by atoms with van der Waals surface area (Å²) in [6, 6.07) is 0. The highest BCUT2D eigenvalue weighted by molar-refractivity contribution is 7.18. The van der Waals surface area contributed by atoms with Gasteiger partial charge in [0.25, 0.3) is 5.91 Å². The summed E-state index contributed by atoms with van der Waals surface area (Å²) in [4.78, 5) is 36.7. The lowest BCUT2D eigenvalue weighted by Gasteiger charge is -2.07. The lowest BCUT2D eigenvalue weighted by molar-refractivity contribution is -0.143. The third kappa shape index (κ3) is 4.04. The Bertz CT molecular complexity index is 965. The molecule has 0 saturated heterocycles. The smallest absolute Gasteiger partial charge is 0.434 e. The second-order valence-electron chi connectivity index (χ2n) is 5.62. The number of aryl methyl sites for hydroxylation is 1. The number of alkyl halides is 3. The van der Waals surface area contributed by atoms with E-state index in [1.54, 1.807) is 6.92 Å². The van der Waals surface area contributed by atoms with E-state index in [2.05, 4.69) is 10.4 Å². The van der Waals surface area contributed by atoms with Crippen molar-refractivity contribution in [1.29, 1.82) is 0 Å². The molecule has 0 aliphatic heterocycles. The van der Waals surface area contributed by atoms with Crippen molar-refractivity contribution in [2.24, 2.45) is 7.05 Å². The maximum atomic E-state index is 13.0. The first-order chi connectivity index (χ1) is 12.9. The van der Waals surface area contributed by atoms with Gasteiger partial charge in [-0.05, 0) is 26.3 Å². The SMILES string of the molecule is CCOC(=O)c1c(NC(=O)c2nn(C)c(C(F)(F)F)c2Cl)sc(C(C)=O)c1C. The molecule has 0 atom stereocenters. The quantitative estimate of drug-likeness (QED) is 0.562. The minimum absolute atomic E-state index is 0.0403. The lowest BCUT2D eigenvalue weighted by Crippen LogP contribution is -2.16. The van der Waals surface area contributed by atoms with Gasteiger partial charge in [-0.25, -0.2) is 4.79 Å². The van der Waals surface area contributed by atoms with Crippen LogP contribution in [0.5, 0.6) is 0 Å². The highest BCUT2D eigenvalue weighted by Gasteiger charge is 2.40. The first-order valence-corrected chi connectivity index (χ1v) is 9.02. The van der Waals surface area contributed by atoms with Gasteiger partial charge < -0.3 is 10.1 Å². The Morgan fingerprint density at radius 3 is 2.39 bits per heavy atom. The molecule has 0 fully saturated rings. The number of Topliss-reactive ketones (excluding diaryl/α,β-unsaturated/α-hetero) is 1. The van der Waals surface area contributed by atoms with E-state index in [1.807, 2.05) is 0 Å². The molecule has 152 valence electrons. The van der Waals surface area contributed by atoms with Gasteiger partial charge in [-0.3, -0.25) is 14.3 Å². The Morgan fingerprint density at radius 1 is 1.32 bits per heavy atom. The predicted octanol–water partition coefficient (Wildman–Crippen LogP) is 4.09. The number of halogens is 4. The van der Waals surface area contributed by atoms with E-state index in [1.165, 1.54) is 13.8 Å². The van der Waals surface area contributed by atoms with Crippen molar-refractivity contribution in [3.8, 4) is 0 Å². The topological polar surface area (TPSA) is 90.3 Å². The zero-order valence-corrected chi connectivity index (χ0v) is 16.7. The van der Waals surface area contributed by atoms with Gasteiger partial charge in [0.15, 0.2) is 17.2 Å². The molecule has 2 aromatic rings. The minimum Gasteiger partial charge on any atom is -0.462 e. The number of ketones is 1. The van der Waals surface area contributed by atoms with Gasteiger partial charge >= 0.3 is 12.1 Å². The first-order valence-electron chi connectivity index (χ1n) is 7.82. The van der Waals surface area contributed by atoms with Crippen LogP contribution >= 0.6 is 22.9 Å². The van der Waals surface area contributed by atoms with Gasteiger partial charge in [0, 0.05) is 7.05 Å². The summed E-state index contributed by atoms with van der Waals surface area (Å²) in [6.45, 7) is 4.42. The Labute approximate surface area is 166 Å². The van der Waals surface area contributed by atoms with Crippen LogP contribution < -0.4 is 5.32 Å². The molecule has 0 saturated carbocycles. The molecular weight excluding hydrogens is 423 g/mol. The fourth-order valence-corrected chi connectivity index (χ4v) is 3.94. The van der Waals surface area contributed by atoms with E-state index in [0.717, 1.165) is 18.4 Å². The van der Waals surface area contributed by atoms with E-state index in [-0.39, 0.29) is 27.8 Å². The minimum atomic E-state index is -4.81. The molecule has 0 radical (unpaired) electrons. The standard InChI is InChI=1S/C16H15ClF3N3O4S/c1-5-27-15(26)8-6(2)11(7(3)24)28-14(8)21-13(25)10-9(17)12(16(18,19)20)23(4)22-10/h5H2,1-4H3,(H,21,25). The number of anilines is 1. The molecule has 0 bridgehead atoms.